The van der Waals surface area contributed by atoms with Crippen molar-refractivity contribution in [1.82, 2.24) is 10.3 Å². The fourth-order valence-corrected chi connectivity index (χ4v) is 1.41. The van der Waals surface area contributed by atoms with E-state index in [9.17, 15) is 14.9 Å². The van der Waals surface area contributed by atoms with Crippen molar-refractivity contribution in [2.45, 2.75) is 13.3 Å². The molecule has 0 aromatic carbocycles. The van der Waals surface area contributed by atoms with E-state index in [0.717, 1.165) is 6.42 Å². The first-order valence-corrected chi connectivity index (χ1v) is 5.56. The number of nitrogens with one attached hydrogen (secondary N) is 1. The van der Waals surface area contributed by atoms with E-state index in [1.165, 1.54) is 19.2 Å². The number of carbonyl (C=O) groups is 1. The number of aromatic nitrogens is 1. The molecule has 1 N–H and O–H groups in total. The summed E-state index contributed by atoms with van der Waals surface area (Å²) in [5, 5.41) is 13.2. The zero-order valence-corrected chi connectivity index (χ0v) is 10.4. The normalized spacial score (nSPS) is 9.89. The second-order valence-corrected chi connectivity index (χ2v) is 3.89. The lowest BCUT2D eigenvalue weighted by Crippen LogP contribution is -2.26. The zero-order chi connectivity index (χ0) is 13.5. The fraction of sp³-hybridized carbons (Fsp3) is 0.455. The van der Waals surface area contributed by atoms with Gasteiger partial charge in [0.2, 0.25) is 5.91 Å². The SMILES string of the molecule is CC(=O)NCCCN(C)c1ccc([N+](=O)[O-])cn1. The summed E-state index contributed by atoms with van der Waals surface area (Å²) in [6.07, 6.45) is 2.02. The van der Waals surface area contributed by atoms with E-state index in [-0.39, 0.29) is 11.6 Å². The maximum Gasteiger partial charge on any atom is 0.287 e. The van der Waals surface area contributed by atoms with Crippen LogP contribution in [0.1, 0.15) is 13.3 Å². The summed E-state index contributed by atoms with van der Waals surface area (Å²) < 4.78 is 0. The third-order valence-corrected chi connectivity index (χ3v) is 2.38. The minimum Gasteiger partial charge on any atom is -0.360 e. The van der Waals surface area contributed by atoms with Crippen molar-refractivity contribution in [3.63, 3.8) is 0 Å². The molecule has 18 heavy (non-hydrogen) atoms. The maximum atomic E-state index is 10.7. The van der Waals surface area contributed by atoms with E-state index in [4.69, 9.17) is 0 Å². The van der Waals surface area contributed by atoms with Crippen LogP contribution < -0.4 is 10.2 Å². The molecule has 7 heteroatoms. The fourth-order valence-electron chi connectivity index (χ4n) is 1.41. The Hall–Kier alpha value is -2.18. The number of nitrogens with zero attached hydrogens (tertiary/aromatic N) is 3. The average molecular weight is 252 g/mol. The van der Waals surface area contributed by atoms with Crippen LogP contribution >= 0.6 is 0 Å². The first-order chi connectivity index (χ1) is 8.50. The standard InChI is InChI=1S/C11H16N4O3/c1-9(16)12-6-3-7-14(2)11-5-4-10(8-13-11)15(17)18/h4-5,8H,3,6-7H2,1-2H3,(H,12,16). The molecule has 1 amide bonds. The van der Waals surface area contributed by atoms with Gasteiger partial charge in [0.1, 0.15) is 12.0 Å². The molecule has 98 valence electrons. The second-order valence-electron chi connectivity index (χ2n) is 3.89. The van der Waals surface area contributed by atoms with Crippen LogP contribution in [0, 0.1) is 10.1 Å². The topological polar surface area (TPSA) is 88.4 Å². The van der Waals surface area contributed by atoms with Crippen LogP contribution in [0.4, 0.5) is 11.5 Å². The Morgan fingerprint density at radius 3 is 2.78 bits per heavy atom. The van der Waals surface area contributed by atoms with Crippen LogP contribution in [0.2, 0.25) is 0 Å². The van der Waals surface area contributed by atoms with Gasteiger partial charge in [-0.15, -0.1) is 0 Å². The van der Waals surface area contributed by atoms with Crippen LogP contribution in [-0.2, 0) is 4.79 Å². The first-order valence-electron chi connectivity index (χ1n) is 5.56. The molecular weight excluding hydrogens is 236 g/mol. The molecule has 0 bridgehead atoms. The lowest BCUT2D eigenvalue weighted by molar-refractivity contribution is -0.385. The van der Waals surface area contributed by atoms with Crippen molar-refractivity contribution in [2.24, 2.45) is 0 Å². The van der Waals surface area contributed by atoms with Gasteiger partial charge in [-0.3, -0.25) is 14.9 Å². The number of carbonyl (C=O) groups excluding carboxylic acids is 1. The largest absolute Gasteiger partial charge is 0.360 e. The molecule has 0 radical (unpaired) electrons. The minimum absolute atomic E-state index is 0.0228. The van der Waals surface area contributed by atoms with Crippen LogP contribution in [0.15, 0.2) is 18.3 Å². The van der Waals surface area contributed by atoms with Crippen LogP contribution in [0.25, 0.3) is 0 Å². The van der Waals surface area contributed by atoms with Crippen LogP contribution in [0.3, 0.4) is 0 Å². The Kier molecular flexibility index (Phi) is 5.04. The van der Waals surface area contributed by atoms with Crippen molar-refractivity contribution in [2.75, 3.05) is 25.0 Å². The first kappa shape index (κ1) is 13.9. The second kappa shape index (κ2) is 6.53. The lowest BCUT2D eigenvalue weighted by atomic mass is 10.3. The summed E-state index contributed by atoms with van der Waals surface area (Å²) in [5.41, 5.74) is -0.0228. The van der Waals surface area contributed by atoms with Crippen molar-refractivity contribution in [1.29, 1.82) is 0 Å². The van der Waals surface area contributed by atoms with Gasteiger partial charge in [0.25, 0.3) is 5.69 Å². The van der Waals surface area contributed by atoms with Gasteiger partial charge in [0.15, 0.2) is 0 Å². The minimum atomic E-state index is -0.479. The molecule has 7 nitrogen and oxygen atoms in total. The average Bonchev–Trinajstić information content (AvgIpc) is 2.34. The summed E-state index contributed by atoms with van der Waals surface area (Å²) in [7, 11) is 1.85. The summed E-state index contributed by atoms with van der Waals surface area (Å²) >= 11 is 0. The number of hydrogen-bond donors (Lipinski definition) is 1. The summed E-state index contributed by atoms with van der Waals surface area (Å²) in [5.74, 6) is 0.620. The molecule has 1 aromatic heterocycles. The Balaban J connectivity index is 2.44. The Bertz CT molecular complexity index is 419. The Morgan fingerprint density at radius 2 is 2.28 bits per heavy atom. The third-order valence-electron chi connectivity index (χ3n) is 2.38. The van der Waals surface area contributed by atoms with Crippen molar-refractivity contribution in [3.05, 3.63) is 28.4 Å². The molecule has 0 saturated carbocycles. The molecule has 0 unspecified atom stereocenters. The highest BCUT2D eigenvalue weighted by atomic mass is 16.6. The van der Waals surface area contributed by atoms with Gasteiger partial charge >= 0.3 is 0 Å². The Labute approximate surface area is 105 Å². The number of amides is 1. The number of pyridine rings is 1. The summed E-state index contributed by atoms with van der Waals surface area (Å²) in [6.45, 7) is 2.79. The van der Waals surface area contributed by atoms with E-state index in [0.29, 0.717) is 18.9 Å². The van der Waals surface area contributed by atoms with E-state index < -0.39 is 4.92 Å². The van der Waals surface area contributed by atoms with Crippen molar-refractivity contribution >= 4 is 17.4 Å². The number of rotatable bonds is 6. The molecule has 1 heterocycles. The number of hydrogen-bond acceptors (Lipinski definition) is 5. The molecule has 0 spiro atoms. The molecule has 0 aliphatic heterocycles. The summed E-state index contributed by atoms with van der Waals surface area (Å²) in [6, 6.07) is 3.03. The van der Waals surface area contributed by atoms with Gasteiger partial charge in [-0.1, -0.05) is 0 Å². The zero-order valence-electron chi connectivity index (χ0n) is 10.4. The number of nitro groups is 1. The van der Waals surface area contributed by atoms with Crippen molar-refractivity contribution in [3.8, 4) is 0 Å². The molecule has 0 saturated heterocycles. The lowest BCUT2D eigenvalue weighted by Gasteiger charge is -2.17. The highest BCUT2D eigenvalue weighted by Gasteiger charge is 2.07. The van der Waals surface area contributed by atoms with Gasteiger partial charge in [0.05, 0.1) is 4.92 Å². The molecule has 0 aliphatic rings. The van der Waals surface area contributed by atoms with Gasteiger partial charge < -0.3 is 10.2 Å². The molecular formula is C11H16N4O3. The van der Waals surface area contributed by atoms with Crippen molar-refractivity contribution < 1.29 is 9.72 Å². The van der Waals surface area contributed by atoms with Gasteiger partial charge in [0, 0.05) is 33.1 Å². The smallest absolute Gasteiger partial charge is 0.287 e. The van der Waals surface area contributed by atoms with E-state index >= 15 is 0 Å². The molecule has 0 fully saturated rings. The molecule has 0 aliphatic carbocycles. The van der Waals surface area contributed by atoms with E-state index in [1.807, 2.05) is 11.9 Å². The highest BCUT2D eigenvalue weighted by Crippen LogP contribution is 2.14. The quantitative estimate of drug-likeness (QED) is 0.462. The predicted molar refractivity (Wildman–Crippen MR) is 67.5 cm³/mol. The highest BCUT2D eigenvalue weighted by molar-refractivity contribution is 5.72. The Morgan fingerprint density at radius 1 is 1.56 bits per heavy atom. The van der Waals surface area contributed by atoms with E-state index in [1.54, 1.807) is 6.07 Å². The van der Waals surface area contributed by atoms with Gasteiger partial charge in [-0.05, 0) is 12.5 Å². The monoisotopic (exact) mass is 252 g/mol. The maximum absolute atomic E-state index is 10.7. The van der Waals surface area contributed by atoms with Crippen LogP contribution in [-0.4, -0.2) is 36.0 Å². The molecule has 1 aromatic rings. The van der Waals surface area contributed by atoms with Crippen LogP contribution in [0.5, 0.6) is 0 Å². The third kappa shape index (κ3) is 4.36. The predicted octanol–water partition coefficient (Wildman–Crippen LogP) is 0.952. The van der Waals surface area contributed by atoms with Gasteiger partial charge in [-0.2, -0.15) is 0 Å². The van der Waals surface area contributed by atoms with E-state index in [2.05, 4.69) is 10.3 Å². The van der Waals surface area contributed by atoms with Gasteiger partial charge in [-0.25, -0.2) is 4.98 Å². The number of anilines is 1. The molecule has 0 atom stereocenters. The summed E-state index contributed by atoms with van der Waals surface area (Å²) in [4.78, 5) is 26.5. The molecule has 1 rings (SSSR count).